The van der Waals surface area contributed by atoms with Crippen LogP contribution in [-0.2, 0) is 9.53 Å². The van der Waals surface area contributed by atoms with Gasteiger partial charge >= 0.3 is 6.18 Å². The highest BCUT2D eigenvalue weighted by molar-refractivity contribution is 5.96. The van der Waals surface area contributed by atoms with E-state index in [2.05, 4.69) is 10.6 Å². The first kappa shape index (κ1) is 22.7. The summed E-state index contributed by atoms with van der Waals surface area (Å²) in [5, 5.41) is 6.67. The first-order valence-electron chi connectivity index (χ1n) is 10.3. The summed E-state index contributed by atoms with van der Waals surface area (Å²) in [6.07, 6.45) is 3.48. The molecule has 2 aliphatic carbocycles. The van der Waals surface area contributed by atoms with Crippen molar-refractivity contribution in [2.45, 2.75) is 49.5 Å². The van der Waals surface area contributed by atoms with Crippen LogP contribution in [0, 0.1) is 5.92 Å². The van der Waals surface area contributed by atoms with Gasteiger partial charge in [-0.1, -0.05) is 42.5 Å². The van der Waals surface area contributed by atoms with Crippen LogP contribution in [0.1, 0.15) is 31.2 Å². The smallest absolute Gasteiger partial charge is 0.365 e. The lowest BCUT2D eigenvalue weighted by Crippen LogP contribution is -2.55. The maximum Gasteiger partial charge on any atom is 0.453 e. The van der Waals surface area contributed by atoms with Gasteiger partial charge in [0.2, 0.25) is 0 Å². The van der Waals surface area contributed by atoms with Gasteiger partial charge in [-0.05, 0) is 49.9 Å². The molecule has 0 saturated heterocycles. The molecule has 0 aliphatic heterocycles. The molecule has 0 amide bonds. The number of carbonyl (C=O) groups excluding carboxylic acids is 1. The van der Waals surface area contributed by atoms with Crippen molar-refractivity contribution in [1.29, 1.82) is 0 Å². The Bertz CT molecular complexity index is 783. The van der Waals surface area contributed by atoms with Crippen LogP contribution >= 0.6 is 0 Å². The Morgan fingerprint density at radius 1 is 1.13 bits per heavy atom. The molecule has 1 fully saturated rings. The molecule has 2 N–H and O–H groups in total. The van der Waals surface area contributed by atoms with Gasteiger partial charge in [-0.25, -0.2) is 0 Å². The lowest BCUT2D eigenvalue weighted by molar-refractivity contribution is -0.191. The summed E-state index contributed by atoms with van der Waals surface area (Å²) in [5.41, 5.74) is -0.396. The summed E-state index contributed by atoms with van der Waals surface area (Å²) in [5.74, 6) is -2.65. The molecule has 30 heavy (non-hydrogen) atoms. The molecule has 0 heterocycles. The van der Waals surface area contributed by atoms with Crippen LogP contribution in [0.3, 0.4) is 0 Å². The van der Waals surface area contributed by atoms with Crippen molar-refractivity contribution in [2.75, 3.05) is 20.7 Å². The molecule has 4 nitrogen and oxygen atoms in total. The highest BCUT2D eigenvalue weighted by Gasteiger charge is 2.56. The zero-order valence-corrected chi connectivity index (χ0v) is 17.3. The normalized spacial score (nSPS) is 29.5. The average Bonchev–Trinajstić information content (AvgIpc) is 2.77. The van der Waals surface area contributed by atoms with Crippen molar-refractivity contribution < 1.29 is 22.7 Å². The van der Waals surface area contributed by atoms with Crippen molar-refractivity contribution in [2.24, 2.45) is 5.92 Å². The minimum Gasteiger partial charge on any atom is -0.365 e. The second kappa shape index (κ2) is 9.45. The van der Waals surface area contributed by atoms with Gasteiger partial charge in [0.25, 0.3) is 5.78 Å². The number of allylic oxidation sites excluding steroid dienone is 2. The van der Waals surface area contributed by atoms with Crippen LogP contribution in [0.2, 0.25) is 0 Å². The first-order valence-corrected chi connectivity index (χ1v) is 10.3. The Kier molecular flexibility index (Phi) is 7.16. The van der Waals surface area contributed by atoms with Crippen LogP contribution in [0.15, 0.2) is 48.6 Å². The molecule has 7 heteroatoms. The predicted octanol–water partition coefficient (Wildman–Crippen LogP) is 3.89. The van der Waals surface area contributed by atoms with E-state index in [0.29, 0.717) is 6.04 Å². The summed E-state index contributed by atoms with van der Waals surface area (Å²) in [6.45, 7) is 0.227. The van der Waals surface area contributed by atoms with Gasteiger partial charge < -0.3 is 15.4 Å². The van der Waals surface area contributed by atoms with E-state index < -0.39 is 23.5 Å². The van der Waals surface area contributed by atoms with Crippen molar-refractivity contribution >= 4 is 11.4 Å². The zero-order chi connectivity index (χ0) is 21.8. The third kappa shape index (κ3) is 4.85. The number of rotatable bonds is 7. The molecule has 0 radical (unpaired) electrons. The molecule has 0 bridgehead atoms. The average molecular weight is 422 g/mol. The van der Waals surface area contributed by atoms with Gasteiger partial charge in [-0.3, -0.25) is 4.79 Å². The number of benzene rings is 1. The van der Waals surface area contributed by atoms with Gasteiger partial charge in [0.1, 0.15) is 0 Å². The molecule has 1 aromatic carbocycles. The molecule has 2 atom stereocenters. The van der Waals surface area contributed by atoms with Crippen molar-refractivity contribution in [3.8, 4) is 0 Å². The second-order valence-electron chi connectivity index (χ2n) is 8.00. The molecule has 2 aliphatic rings. The Morgan fingerprint density at radius 3 is 2.33 bits per heavy atom. The summed E-state index contributed by atoms with van der Waals surface area (Å²) in [4.78, 5) is 12.4. The topological polar surface area (TPSA) is 50.4 Å². The largest absolute Gasteiger partial charge is 0.453 e. The third-order valence-corrected chi connectivity index (χ3v) is 6.26. The number of nitrogens with one attached hydrogen (secondary N) is 2. The number of carbonyl (C=O) groups is 1. The monoisotopic (exact) mass is 422 g/mol. The minimum absolute atomic E-state index is 0.213. The molecular formula is C23H29F3N2O2. The van der Waals surface area contributed by atoms with E-state index in [1.807, 2.05) is 37.4 Å². The fourth-order valence-corrected chi connectivity index (χ4v) is 4.42. The number of alkyl halides is 3. The van der Waals surface area contributed by atoms with Gasteiger partial charge in [-0.15, -0.1) is 0 Å². The molecule has 0 spiro atoms. The van der Waals surface area contributed by atoms with E-state index in [1.165, 1.54) is 13.2 Å². The van der Waals surface area contributed by atoms with Gasteiger partial charge in [0.05, 0.1) is 0 Å². The summed E-state index contributed by atoms with van der Waals surface area (Å²) < 4.78 is 45.6. The maximum absolute atomic E-state index is 13.4. The second-order valence-corrected chi connectivity index (χ2v) is 8.00. The lowest BCUT2D eigenvalue weighted by Gasteiger charge is -2.39. The Balaban J connectivity index is 1.84. The minimum atomic E-state index is -4.98. The lowest BCUT2D eigenvalue weighted by atomic mass is 9.76. The van der Waals surface area contributed by atoms with Crippen molar-refractivity contribution in [3.05, 3.63) is 54.1 Å². The highest BCUT2D eigenvalue weighted by atomic mass is 19.4. The molecule has 2 unspecified atom stereocenters. The van der Waals surface area contributed by atoms with Crippen LogP contribution < -0.4 is 10.6 Å². The fourth-order valence-electron chi connectivity index (χ4n) is 4.42. The quantitative estimate of drug-likeness (QED) is 0.700. The number of hydrogen-bond donors (Lipinski definition) is 2. The Morgan fingerprint density at radius 2 is 1.77 bits per heavy atom. The SMILES string of the molecule is CNC1CCC(NCC2C=C(c3ccccc3)C=CC2(OC)C(=O)C(F)(F)F)CC1. The molecule has 164 valence electrons. The summed E-state index contributed by atoms with van der Waals surface area (Å²) in [6, 6.07) is 10.1. The van der Waals surface area contributed by atoms with Crippen LogP contribution in [0.4, 0.5) is 13.2 Å². The molecule has 3 rings (SSSR count). The number of methoxy groups -OCH3 is 1. The van der Waals surface area contributed by atoms with Gasteiger partial charge in [0, 0.05) is 31.7 Å². The van der Waals surface area contributed by atoms with Crippen molar-refractivity contribution in [1.82, 2.24) is 10.6 Å². The van der Waals surface area contributed by atoms with E-state index in [0.717, 1.165) is 36.8 Å². The van der Waals surface area contributed by atoms with Gasteiger partial charge in [-0.2, -0.15) is 13.2 Å². The predicted molar refractivity (Wildman–Crippen MR) is 111 cm³/mol. The van der Waals surface area contributed by atoms with Crippen LogP contribution in [0.25, 0.3) is 5.57 Å². The number of hydrogen-bond acceptors (Lipinski definition) is 4. The summed E-state index contributed by atoms with van der Waals surface area (Å²) in [7, 11) is 3.11. The Labute approximate surface area is 175 Å². The fraction of sp³-hybridized carbons (Fsp3) is 0.522. The summed E-state index contributed by atoms with van der Waals surface area (Å²) >= 11 is 0. The molecule has 1 aromatic rings. The van der Waals surface area contributed by atoms with E-state index >= 15 is 0 Å². The third-order valence-electron chi connectivity index (χ3n) is 6.26. The molecule has 0 aromatic heterocycles. The Hall–Kier alpha value is -1.96. The maximum atomic E-state index is 13.4. The number of halogens is 3. The van der Waals surface area contributed by atoms with Gasteiger partial charge in [0.15, 0.2) is 5.60 Å². The van der Waals surface area contributed by atoms with Crippen LogP contribution in [0.5, 0.6) is 0 Å². The number of Topliss-reactive ketones (excluding diaryl/α,β-unsaturated/α-hetero) is 1. The van der Waals surface area contributed by atoms with E-state index in [1.54, 1.807) is 12.2 Å². The van der Waals surface area contributed by atoms with E-state index in [4.69, 9.17) is 4.74 Å². The molecule has 1 saturated carbocycles. The highest BCUT2D eigenvalue weighted by Crippen LogP contribution is 2.39. The first-order chi connectivity index (χ1) is 14.3. The van der Waals surface area contributed by atoms with E-state index in [-0.39, 0.29) is 12.6 Å². The van der Waals surface area contributed by atoms with Crippen molar-refractivity contribution in [3.63, 3.8) is 0 Å². The standard InChI is InChI=1S/C23H29F3N2O2/c1-27-19-8-10-20(11-9-19)28-15-18-14-17(16-6-4-3-5-7-16)12-13-22(18,30-2)21(29)23(24,25)26/h3-7,12-14,18-20,27-28H,8-11,15H2,1-2H3. The number of ketones is 1. The van der Waals surface area contributed by atoms with E-state index in [9.17, 15) is 18.0 Å². The van der Waals surface area contributed by atoms with Crippen LogP contribution in [-0.4, -0.2) is 50.3 Å². The number of ether oxygens (including phenoxy) is 1. The molecular weight excluding hydrogens is 393 g/mol. The zero-order valence-electron chi connectivity index (χ0n) is 17.3.